The summed E-state index contributed by atoms with van der Waals surface area (Å²) < 4.78 is 0. The van der Waals surface area contributed by atoms with Crippen molar-refractivity contribution < 1.29 is 57.5 Å². The van der Waals surface area contributed by atoms with Crippen molar-refractivity contribution in [2.75, 3.05) is 88.6 Å². The molecule has 0 radical (unpaired) electrons. The highest BCUT2D eigenvalue weighted by Crippen LogP contribution is 2.37. The molecule has 4 saturated carbocycles. The van der Waals surface area contributed by atoms with Gasteiger partial charge in [-0.1, -0.05) is 129 Å². The van der Waals surface area contributed by atoms with Crippen molar-refractivity contribution in [1.29, 1.82) is 0 Å². The van der Waals surface area contributed by atoms with Gasteiger partial charge in [-0.3, -0.25) is 57.5 Å². The molecule has 7 rings (SSSR count). The number of carbonyl (C=O) groups is 12. The molecule has 94 heavy (non-hydrogen) atoms. The first-order valence-corrected chi connectivity index (χ1v) is 36.1. The molecule has 4 aliphatic carbocycles. The maximum atomic E-state index is 15.7. The van der Waals surface area contributed by atoms with Crippen LogP contribution in [0.3, 0.4) is 0 Å². The normalized spacial score (nSPS) is 28.9. The van der Waals surface area contributed by atoms with Gasteiger partial charge in [0.05, 0.1) is 26.1 Å². The van der Waals surface area contributed by atoms with Crippen LogP contribution in [-0.4, -0.2) is 251 Å². The number of hydrogen-bond donors (Lipinski definition) is 3. The van der Waals surface area contributed by atoms with Crippen molar-refractivity contribution in [2.24, 2.45) is 23.7 Å². The smallest absolute Gasteiger partial charge is 0.248 e. The molecule has 3 N–H and O–H groups in total. The van der Waals surface area contributed by atoms with Gasteiger partial charge in [0, 0.05) is 69.0 Å². The van der Waals surface area contributed by atoms with E-state index in [2.05, 4.69) is 16.0 Å². The van der Waals surface area contributed by atoms with Crippen molar-refractivity contribution in [3.8, 4) is 0 Å². The molecule has 3 aliphatic heterocycles. The van der Waals surface area contributed by atoms with Crippen LogP contribution in [0.1, 0.15) is 213 Å². The number of hydrogen-bond acceptors (Lipinski definition) is 12. The van der Waals surface area contributed by atoms with E-state index < -0.39 is 151 Å². The molecule has 7 fully saturated rings. The van der Waals surface area contributed by atoms with Gasteiger partial charge in [0.25, 0.3) is 0 Å². The van der Waals surface area contributed by atoms with E-state index in [1.807, 2.05) is 6.92 Å². The molecular formula is C70H116N12O12. The van der Waals surface area contributed by atoms with E-state index in [4.69, 9.17) is 0 Å². The highest BCUT2D eigenvalue weighted by Gasteiger charge is 2.51. The summed E-state index contributed by atoms with van der Waals surface area (Å²) in [4.78, 5) is 190. The number of amides is 12. The Labute approximate surface area is 559 Å². The number of likely N-dealkylation sites (tertiary alicyclic amines) is 1. The lowest BCUT2D eigenvalue weighted by Crippen LogP contribution is -2.65. The van der Waals surface area contributed by atoms with Gasteiger partial charge in [-0.25, -0.2) is 0 Å². The second-order valence-electron chi connectivity index (χ2n) is 29.3. The highest BCUT2D eigenvalue weighted by atomic mass is 16.2. The Hall–Kier alpha value is -6.36. The summed E-state index contributed by atoms with van der Waals surface area (Å²) in [6.45, 7) is 4.87. The SMILES string of the molecule is CC[C@H](C)[C@@H]1NC(=O)[C@H](C)N(C)C(=O)C[C@@H](C(=O)N2CCCCC2)N(C)C(=O)[C@H](C2CCCCC2)N(C)C(=O)C2(CCCC2)NC(=O)[C@@H]2CCCN2C(=O)[C@H](CCCC2CCCCC2)NC(=O)CN(C)C(=O)[C@H](CC2CCCCC2)N(C)C(=O)CN(C)C(=O)CN(C)C1=O. The molecule has 3 heterocycles. The van der Waals surface area contributed by atoms with E-state index in [0.717, 1.165) is 103 Å². The van der Waals surface area contributed by atoms with Crippen LogP contribution in [-0.2, 0) is 57.5 Å². The average Bonchev–Trinajstić information content (AvgIpc) is 1.40. The second-order valence-corrected chi connectivity index (χ2v) is 29.3. The fraction of sp³-hybridized carbons (Fsp3) is 0.829. The standard InChI is InChI=1S/C70H116N12O12/c1-11-47(2)60-67(92)76(6)45-58(85)74(4)46-59(86)78(8)54(42-50-30-18-13-19-31-50)65(90)75(5)44-56(83)71-52(35-26-32-49-28-16-12-17-29-49)64(89)82-41-27-36-53(82)63(88)73-70(37-22-23-38-70)69(94)80(10)61(51-33-20-14-21-34-51)68(93)79(9)55(66(91)81-39-24-15-25-40-81)43-57(84)77(7)48(3)62(87)72-60/h47-55,60-61H,11-46H2,1-10H3,(H,71,83)(H,72,87)(H,73,88)/t47-,48-,52-,53-,54-,55-,60-,61-/m0/s1. The van der Waals surface area contributed by atoms with Gasteiger partial charge in [-0.15, -0.1) is 0 Å². The Bertz CT molecular complexity index is 2660. The van der Waals surface area contributed by atoms with Crippen molar-refractivity contribution in [2.45, 2.75) is 261 Å². The number of fused-ring (bicyclic) bond motifs is 1. The lowest BCUT2D eigenvalue weighted by molar-refractivity contribution is -0.157. The molecule has 7 aliphatic rings. The van der Waals surface area contributed by atoms with Gasteiger partial charge in [0.15, 0.2) is 0 Å². The summed E-state index contributed by atoms with van der Waals surface area (Å²) in [5, 5.41) is 9.03. The van der Waals surface area contributed by atoms with Crippen molar-refractivity contribution >= 4 is 70.9 Å². The first-order valence-electron chi connectivity index (χ1n) is 36.1. The van der Waals surface area contributed by atoms with Gasteiger partial charge in [-0.2, -0.15) is 0 Å². The summed E-state index contributed by atoms with van der Waals surface area (Å²) in [6.07, 6.45) is 21.2. The number of carbonyl (C=O) groups excluding carboxylic acids is 12. The Morgan fingerprint density at radius 3 is 1.72 bits per heavy atom. The van der Waals surface area contributed by atoms with Crippen LogP contribution in [0.2, 0.25) is 0 Å². The molecule has 528 valence electrons. The summed E-state index contributed by atoms with van der Waals surface area (Å²) in [6, 6.07) is -7.77. The minimum atomic E-state index is -1.44. The molecule has 0 aromatic heterocycles. The molecule has 12 amide bonds. The van der Waals surface area contributed by atoms with Crippen LogP contribution in [0.4, 0.5) is 0 Å². The number of nitrogens with one attached hydrogen (secondary N) is 3. The van der Waals surface area contributed by atoms with E-state index >= 15 is 19.2 Å². The van der Waals surface area contributed by atoms with Gasteiger partial charge < -0.3 is 60.0 Å². The topological polar surface area (TPSA) is 270 Å². The first kappa shape index (κ1) is 75.0. The molecule has 0 aromatic rings. The van der Waals surface area contributed by atoms with Crippen molar-refractivity contribution in [3.63, 3.8) is 0 Å². The molecule has 0 unspecified atom stereocenters. The van der Waals surface area contributed by atoms with Crippen molar-refractivity contribution in [3.05, 3.63) is 0 Å². The van der Waals surface area contributed by atoms with Gasteiger partial charge in [0.2, 0.25) is 70.9 Å². The molecular weight excluding hydrogens is 1200 g/mol. The van der Waals surface area contributed by atoms with Gasteiger partial charge >= 0.3 is 0 Å². The summed E-state index contributed by atoms with van der Waals surface area (Å²) >= 11 is 0. The molecule has 3 saturated heterocycles. The van der Waals surface area contributed by atoms with Crippen LogP contribution >= 0.6 is 0 Å². The van der Waals surface area contributed by atoms with E-state index in [-0.39, 0.29) is 31.2 Å². The summed E-state index contributed by atoms with van der Waals surface area (Å²) in [5.41, 5.74) is -1.44. The summed E-state index contributed by atoms with van der Waals surface area (Å²) in [5.74, 6) is -6.61. The largest absolute Gasteiger partial charge is 0.343 e. The van der Waals surface area contributed by atoms with Crippen LogP contribution in [0, 0.1) is 23.7 Å². The van der Waals surface area contributed by atoms with E-state index in [0.29, 0.717) is 83.2 Å². The fourth-order valence-electron chi connectivity index (χ4n) is 16.0. The summed E-state index contributed by atoms with van der Waals surface area (Å²) in [7, 11) is 10.4. The number of rotatable bonds is 10. The van der Waals surface area contributed by atoms with E-state index in [1.165, 1.54) is 94.8 Å². The highest BCUT2D eigenvalue weighted by molar-refractivity contribution is 6.00. The Morgan fingerprint density at radius 2 is 1.11 bits per heavy atom. The lowest BCUT2D eigenvalue weighted by Gasteiger charge is -2.43. The van der Waals surface area contributed by atoms with Crippen molar-refractivity contribution in [1.82, 2.24) is 60.0 Å². The second kappa shape index (κ2) is 35.1. The molecule has 24 heteroatoms. The predicted octanol–water partition coefficient (Wildman–Crippen LogP) is 4.84. The maximum Gasteiger partial charge on any atom is 0.248 e. The van der Waals surface area contributed by atoms with Crippen LogP contribution in [0.5, 0.6) is 0 Å². The number of likely N-dealkylation sites (N-methyl/N-ethyl adjacent to an activating group) is 7. The average molecular weight is 1320 g/mol. The predicted molar refractivity (Wildman–Crippen MR) is 355 cm³/mol. The Morgan fingerprint density at radius 1 is 0.532 bits per heavy atom. The number of piperidine rings is 1. The Kier molecular flexibility index (Phi) is 28.0. The quantitative estimate of drug-likeness (QED) is 0.265. The van der Waals surface area contributed by atoms with E-state index in [9.17, 15) is 38.4 Å². The Balaban J connectivity index is 1.24. The van der Waals surface area contributed by atoms with Gasteiger partial charge in [0.1, 0.15) is 47.8 Å². The van der Waals surface area contributed by atoms with Crippen LogP contribution < -0.4 is 16.0 Å². The van der Waals surface area contributed by atoms with E-state index in [1.54, 1.807) is 18.9 Å². The molecule has 0 bridgehead atoms. The minimum Gasteiger partial charge on any atom is -0.343 e. The first-order chi connectivity index (χ1) is 44.8. The third kappa shape index (κ3) is 19.0. The zero-order chi connectivity index (χ0) is 68.6. The minimum absolute atomic E-state index is 0.115. The third-order valence-corrected chi connectivity index (χ3v) is 22.6. The molecule has 8 atom stereocenters. The third-order valence-electron chi connectivity index (χ3n) is 22.6. The molecule has 0 aromatic carbocycles. The fourth-order valence-corrected chi connectivity index (χ4v) is 16.0. The zero-order valence-corrected chi connectivity index (χ0v) is 58.7. The zero-order valence-electron chi connectivity index (χ0n) is 58.7. The van der Waals surface area contributed by atoms with Gasteiger partial charge in [-0.05, 0) is 101 Å². The molecule has 24 nitrogen and oxygen atoms in total. The molecule has 1 spiro atoms. The lowest BCUT2D eigenvalue weighted by atomic mass is 9.81. The van der Waals surface area contributed by atoms with Crippen LogP contribution in [0.25, 0.3) is 0 Å². The maximum absolute atomic E-state index is 15.7. The number of nitrogens with zero attached hydrogens (tertiary/aromatic N) is 9. The van der Waals surface area contributed by atoms with Crippen LogP contribution in [0.15, 0.2) is 0 Å². The monoisotopic (exact) mass is 1320 g/mol.